The van der Waals surface area contributed by atoms with E-state index >= 15 is 0 Å². The molecule has 1 N–H and O–H groups in total. The highest BCUT2D eigenvalue weighted by atomic mass is 16.7. The fourth-order valence-corrected chi connectivity index (χ4v) is 4.72. The van der Waals surface area contributed by atoms with E-state index in [4.69, 9.17) is 18.9 Å². The zero-order valence-electron chi connectivity index (χ0n) is 19.3. The van der Waals surface area contributed by atoms with Crippen molar-refractivity contribution in [1.82, 2.24) is 14.0 Å². The Morgan fingerprint density at radius 3 is 2.44 bits per heavy atom. The lowest BCUT2D eigenvalue weighted by molar-refractivity contribution is 0.170. The number of hydrogen-bond acceptors (Lipinski definition) is 8. The van der Waals surface area contributed by atoms with Gasteiger partial charge >= 0.3 is 5.69 Å². The van der Waals surface area contributed by atoms with E-state index in [0.29, 0.717) is 47.2 Å². The molecule has 0 unspecified atom stereocenters. The van der Waals surface area contributed by atoms with Crippen LogP contribution >= 0.6 is 0 Å². The van der Waals surface area contributed by atoms with Crippen LogP contribution in [-0.4, -0.2) is 53.7 Å². The number of hydrogen-bond donors (Lipinski definition) is 1. The normalized spacial score (nSPS) is 16.9. The van der Waals surface area contributed by atoms with Crippen LogP contribution in [0.3, 0.4) is 0 Å². The van der Waals surface area contributed by atoms with Crippen molar-refractivity contribution >= 4 is 0 Å². The number of aromatic nitrogens is 2. The second kappa shape index (κ2) is 8.14. The van der Waals surface area contributed by atoms with Gasteiger partial charge in [0.25, 0.3) is 5.56 Å². The van der Waals surface area contributed by atoms with Gasteiger partial charge in [-0.15, -0.1) is 0 Å². The van der Waals surface area contributed by atoms with Gasteiger partial charge in [0.2, 0.25) is 18.4 Å². The lowest BCUT2D eigenvalue weighted by Crippen LogP contribution is -2.44. The van der Waals surface area contributed by atoms with Gasteiger partial charge in [-0.05, 0) is 49.4 Å². The van der Waals surface area contributed by atoms with E-state index in [2.05, 4.69) is 0 Å². The summed E-state index contributed by atoms with van der Waals surface area (Å²) in [6, 6.07) is 7.79. The van der Waals surface area contributed by atoms with Crippen LogP contribution < -0.4 is 30.2 Å². The molecule has 1 aromatic heterocycles. The Labute approximate surface area is 195 Å². The average molecular weight is 467 g/mol. The highest BCUT2D eigenvalue weighted by Crippen LogP contribution is 2.51. The maximum atomic E-state index is 13.8. The molecule has 3 aromatic rings. The molecule has 10 heteroatoms. The molecule has 0 spiro atoms. The lowest BCUT2D eigenvalue weighted by atomic mass is 9.87. The van der Waals surface area contributed by atoms with E-state index in [9.17, 15) is 14.7 Å². The summed E-state index contributed by atoms with van der Waals surface area (Å²) in [6.07, 6.45) is 0.689. The molecule has 5 rings (SSSR count). The number of fused-ring (bicyclic) bond motifs is 2. The Hall–Kier alpha value is -3.92. The third-order valence-electron chi connectivity index (χ3n) is 6.47. The van der Waals surface area contributed by atoms with Gasteiger partial charge in [-0.25, -0.2) is 9.36 Å². The summed E-state index contributed by atoms with van der Waals surface area (Å²) < 4.78 is 24.2. The van der Waals surface area contributed by atoms with Crippen LogP contribution in [0.5, 0.6) is 28.9 Å². The van der Waals surface area contributed by atoms with Gasteiger partial charge in [0.15, 0.2) is 11.5 Å². The standard InChI is InChI=1S/C24H25N3O7/c1-25-10-9-13-11-16-20(34-12-33-16)21(32-4)17(13)19(25)18-22(28)26(2)24(30)27(23(18)29)14-5-7-15(31-3)8-6-14/h5-8,11,19,28H,9-10,12H2,1-4H3/t19-/m1/s1. The summed E-state index contributed by atoms with van der Waals surface area (Å²) in [6.45, 7) is 0.690. The molecule has 10 nitrogen and oxygen atoms in total. The van der Waals surface area contributed by atoms with Gasteiger partial charge in [-0.1, -0.05) is 0 Å². The molecular weight excluding hydrogens is 442 g/mol. The molecule has 0 radical (unpaired) electrons. The summed E-state index contributed by atoms with van der Waals surface area (Å²) in [5, 5.41) is 11.1. The number of methoxy groups -OCH3 is 2. The maximum Gasteiger partial charge on any atom is 0.338 e. The summed E-state index contributed by atoms with van der Waals surface area (Å²) in [5.41, 5.74) is 0.783. The van der Waals surface area contributed by atoms with Crippen molar-refractivity contribution < 1.29 is 24.1 Å². The first-order chi connectivity index (χ1) is 16.4. The second-order valence-corrected chi connectivity index (χ2v) is 8.27. The van der Waals surface area contributed by atoms with Crippen LogP contribution in [0.15, 0.2) is 39.9 Å². The van der Waals surface area contributed by atoms with E-state index in [1.165, 1.54) is 21.3 Å². The molecule has 3 heterocycles. The fraction of sp³-hybridized carbons (Fsp3) is 0.333. The molecule has 0 amide bonds. The zero-order chi connectivity index (χ0) is 24.1. The van der Waals surface area contributed by atoms with Crippen molar-refractivity contribution in [2.45, 2.75) is 12.5 Å². The Morgan fingerprint density at radius 2 is 1.76 bits per heavy atom. The Kier molecular flexibility index (Phi) is 5.24. The number of benzene rings is 2. The van der Waals surface area contributed by atoms with Crippen LogP contribution in [0.4, 0.5) is 0 Å². The van der Waals surface area contributed by atoms with Crippen molar-refractivity contribution in [1.29, 1.82) is 0 Å². The minimum Gasteiger partial charge on any atom is -0.497 e. The monoisotopic (exact) mass is 467 g/mol. The molecule has 2 aromatic carbocycles. The summed E-state index contributed by atoms with van der Waals surface area (Å²) in [5.74, 6) is 1.68. The number of nitrogens with zero attached hydrogens (tertiary/aromatic N) is 3. The molecule has 0 bridgehead atoms. The largest absolute Gasteiger partial charge is 0.497 e. The van der Waals surface area contributed by atoms with E-state index < -0.39 is 23.2 Å². The predicted molar refractivity (Wildman–Crippen MR) is 123 cm³/mol. The SMILES string of the molecule is COc1ccc(-n2c(=O)c([C@H]3c4c(cc5c(c4OC)OCO5)CCN3C)c(O)n(C)c2=O)cc1. The number of rotatable bonds is 4. The van der Waals surface area contributed by atoms with Gasteiger partial charge < -0.3 is 24.1 Å². The van der Waals surface area contributed by atoms with Gasteiger partial charge in [-0.2, -0.15) is 0 Å². The van der Waals surface area contributed by atoms with Crippen molar-refractivity contribution in [3.05, 3.63) is 67.9 Å². The molecule has 0 saturated carbocycles. The fourth-order valence-electron chi connectivity index (χ4n) is 4.72. The van der Waals surface area contributed by atoms with Crippen LogP contribution in [0, 0.1) is 0 Å². The highest BCUT2D eigenvalue weighted by Gasteiger charge is 2.38. The Balaban J connectivity index is 1.80. The van der Waals surface area contributed by atoms with Gasteiger partial charge in [-0.3, -0.25) is 14.3 Å². The summed E-state index contributed by atoms with van der Waals surface area (Å²) in [7, 11) is 6.36. The molecule has 0 fully saturated rings. The molecule has 0 aliphatic carbocycles. The minimum absolute atomic E-state index is 0.0681. The van der Waals surface area contributed by atoms with E-state index in [1.807, 2.05) is 18.0 Å². The van der Waals surface area contributed by atoms with Crippen molar-refractivity contribution in [3.8, 4) is 34.6 Å². The molecule has 2 aliphatic rings. The van der Waals surface area contributed by atoms with E-state index in [0.717, 1.165) is 14.7 Å². The average Bonchev–Trinajstić information content (AvgIpc) is 3.31. The topological polar surface area (TPSA) is 104 Å². The van der Waals surface area contributed by atoms with Gasteiger partial charge in [0.05, 0.1) is 31.5 Å². The number of ether oxygens (including phenoxy) is 4. The van der Waals surface area contributed by atoms with Crippen LogP contribution in [0.2, 0.25) is 0 Å². The predicted octanol–water partition coefficient (Wildman–Crippen LogP) is 1.56. The van der Waals surface area contributed by atoms with Crippen molar-refractivity contribution in [3.63, 3.8) is 0 Å². The van der Waals surface area contributed by atoms with Crippen LogP contribution in [-0.2, 0) is 13.5 Å². The maximum absolute atomic E-state index is 13.8. The van der Waals surface area contributed by atoms with Crippen molar-refractivity contribution in [2.24, 2.45) is 7.05 Å². The molecule has 34 heavy (non-hydrogen) atoms. The number of likely N-dealkylation sites (N-methyl/N-ethyl adjacent to an activating group) is 1. The van der Waals surface area contributed by atoms with Crippen molar-refractivity contribution in [2.75, 3.05) is 34.6 Å². The third kappa shape index (κ3) is 3.13. The first-order valence-corrected chi connectivity index (χ1v) is 10.8. The molecular formula is C24H25N3O7. The quantitative estimate of drug-likeness (QED) is 0.617. The summed E-state index contributed by atoms with van der Waals surface area (Å²) >= 11 is 0. The van der Waals surface area contributed by atoms with Crippen LogP contribution in [0.25, 0.3) is 5.69 Å². The molecule has 2 aliphatic heterocycles. The first kappa shape index (κ1) is 21.9. The lowest BCUT2D eigenvalue weighted by Gasteiger charge is -2.36. The smallest absolute Gasteiger partial charge is 0.338 e. The minimum atomic E-state index is -0.683. The van der Waals surface area contributed by atoms with Gasteiger partial charge in [0, 0.05) is 19.2 Å². The molecule has 1 atom stereocenters. The van der Waals surface area contributed by atoms with Crippen LogP contribution in [0.1, 0.15) is 22.7 Å². The molecule has 0 saturated heterocycles. The zero-order valence-corrected chi connectivity index (χ0v) is 19.3. The Morgan fingerprint density at radius 1 is 1.03 bits per heavy atom. The summed E-state index contributed by atoms with van der Waals surface area (Å²) in [4.78, 5) is 28.9. The molecule has 178 valence electrons. The number of aromatic hydroxyl groups is 1. The second-order valence-electron chi connectivity index (χ2n) is 8.27. The van der Waals surface area contributed by atoms with E-state index in [1.54, 1.807) is 24.3 Å². The van der Waals surface area contributed by atoms with E-state index in [-0.39, 0.29) is 12.4 Å². The van der Waals surface area contributed by atoms with Gasteiger partial charge in [0.1, 0.15) is 5.75 Å². The first-order valence-electron chi connectivity index (χ1n) is 10.8. The third-order valence-corrected chi connectivity index (χ3v) is 6.47. The highest BCUT2D eigenvalue weighted by molar-refractivity contribution is 5.63. The Bertz CT molecular complexity index is 1390.